The fraction of sp³-hybridized carbons (Fsp3) is 0.136. The first kappa shape index (κ1) is 20.4. The van der Waals surface area contributed by atoms with E-state index >= 15 is 0 Å². The van der Waals surface area contributed by atoms with E-state index in [0.29, 0.717) is 33.6 Å². The Morgan fingerprint density at radius 3 is 2.52 bits per heavy atom. The largest absolute Gasteiger partial charge is 0.496 e. The molecule has 0 aliphatic heterocycles. The molecule has 0 spiro atoms. The number of imidazole rings is 1. The Balaban J connectivity index is 1.99. The van der Waals surface area contributed by atoms with Crippen molar-refractivity contribution in [1.82, 2.24) is 14.5 Å². The number of carboxylic acids is 1. The molecule has 0 amide bonds. The molecule has 158 valence electrons. The van der Waals surface area contributed by atoms with Crippen molar-refractivity contribution in [2.45, 2.75) is 13.1 Å². The maximum atomic E-state index is 13.4. The van der Waals surface area contributed by atoms with Crippen LogP contribution >= 0.6 is 0 Å². The number of halogens is 3. The molecule has 2 aromatic carbocycles. The summed E-state index contributed by atoms with van der Waals surface area (Å²) in [6.45, 7) is 1.73. The third kappa shape index (κ3) is 3.81. The average molecular weight is 427 g/mol. The fourth-order valence-corrected chi connectivity index (χ4v) is 3.33. The van der Waals surface area contributed by atoms with Crippen LogP contribution in [0, 0.1) is 6.92 Å². The minimum Gasteiger partial charge on any atom is -0.496 e. The maximum absolute atomic E-state index is 13.4. The monoisotopic (exact) mass is 427 g/mol. The molecular formula is C22H16F3N3O3. The summed E-state index contributed by atoms with van der Waals surface area (Å²) >= 11 is 0. The number of aromatic carboxylic acids is 1. The predicted octanol–water partition coefficient (Wildman–Crippen LogP) is 5.12. The van der Waals surface area contributed by atoms with E-state index in [9.17, 15) is 23.1 Å². The normalized spacial score (nSPS) is 11.6. The Kier molecular flexibility index (Phi) is 4.88. The summed E-state index contributed by atoms with van der Waals surface area (Å²) in [5, 5.41) is 9.87. The molecule has 0 radical (unpaired) electrons. The number of alkyl halides is 3. The quantitative estimate of drug-likeness (QED) is 0.489. The number of hydrogen-bond acceptors (Lipinski definition) is 4. The van der Waals surface area contributed by atoms with Gasteiger partial charge in [0.1, 0.15) is 5.75 Å². The van der Waals surface area contributed by atoms with Crippen molar-refractivity contribution >= 4 is 16.9 Å². The number of ether oxygens (including phenoxy) is 1. The number of pyridine rings is 1. The van der Waals surface area contributed by atoms with Gasteiger partial charge < -0.3 is 14.4 Å². The lowest BCUT2D eigenvalue weighted by atomic mass is 10.0. The number of aryl methyl sites for hydroxylation is 1. The molecule has 0 fully saturated rings. The molecule has 0 saturated heterocycles. The molecule has 2 heterocycles. The van der Waals surface area contributed by atoms with E-state index in [-0.39, 0.29) is 11.3 Å². The Morgan fingerprint density at radius 2 is 1.90 bits per heavy atom. The zero-order chi connectivity index (χ0) is 22.3. The van der Waals surface area contributed by atoms with Crippen molar-refractivity contribution in [3.8, 4) is 22.7 Å². The van der Waals surface area contributed by atoms with Crippen molar-refractivity contribution < 1.29 is 27.8 Å². The van der Waals surface area contributed by atoms with Crippen LogP contribution in [0.15, 0.2) is 55.0 Å². The fourth-order valence-electron chi connectivity index (χ4n) is 3.33. The summed E-state index contributed by atoms with van der Waals surface area (Å²) in [7, 11) is 1.45. The van der Waals surface area contributed by atoms with Crippen LogP contribution in [0.2, 0.25) is 0 Å². The van der Waals surface area contributed by atoms with Gasteiger partial charge in [0.2, 0.25) is 0 Å². The SMILES string of the molecule is COc1cc(-c2ccc(C(F)(F)F)cc2-n2cnc(C)c2)nc2cc(C(=O)O)ccc12. The number of methoxy groups -OCH3 is 1. The highest BCUT2D eigenvalue weighted by Crippen LogP contribution is 2.37. The Bertz CT molecular complexity index is 1310. The highest BCUT2D eigenvalue weighted by molar-refractivity contribution is 5.96. The molecule has 0 saturated carbocycles. The highest BCUT2D eigenvalue weighted by Gasteiger charge is 2.31. The van der Waals surface area contributed by atoms with Crippen molar-refractivity contribution in [1.29, 1.82) is 0 Å². The number of rotatable bonds is 4. The molecule has 4 rings (SSSR count). The summed E-state index contributed by atoms with van der Waals surface area (Å²) < 4.78 is 47.0. The molecule has 1 N–H and O–H groups in total. The van der Waals surface area contributed by atoms with Gasteiger partial charge in [0.15, 0.2) is 0 Å². The van der Waals surface area contributed by atoms with Gasteiger partial charge in [0, 0.05) is 23.2 Å². The van der Waals surface area contributed by atoms with E-state index in [1.54, 1.807) is 25.3 Å². The molecule has 0 aliphatic rings. The van der Waals surface area contributed by atoms with Gasteiger partial charge in [0.25, 0.3) is 0 Å². The molecule has 0 bridgehead atoms. The second-order valence-electron chi connectivity index (χ2n) is 6.90. The molecule has 6 nitrogen and oxygen atoms in total. The Hall–Kier alpha value is -3.88. The highest BCUT2D eigenvalue weighted by atomic mass is 19.4. The number of nitrogens with zero attached hydrogens (tertiary/aromatic N) is 3. The summed E-state index contributed by atoms with van der Waals surface area (Å²) in [5.41, 5.74) is 1.20. The zero-order valence-corrected chi connectivity index (χ0v) is 16.4. The van der Waals surface area contributed by atoms with Gasteiger partial charge in [0.05, 0.1) is 47.2 Å². The van der Waals surface area contributed by atoms with Crippen LogP contribution in [0.25, 0.3) is 27.8 Å². The maximum Gasteiger partial charge on any atom is 0.416 e. The van der Waals surface area contributed by atoms with E-state index in [0.717, 1.165) is 12.1 Å². The van der Waals surface area contributed by atoms with Gasteiger partial charge in [-0.3, -0.25) is 0 Å². The van der Waals surface area contributed by atoms with E-state index in [2.05, 4.69) is 9.97 Å². The van der Waals surface area contributed by atoms with E-state index < -0.39 is 17.7 Å². The summed E-state index contributed by atoms with van der Waals surface area (Å²) in [5.74, 6) is -0.693. The average Bonchev–Trinajstić information content (AvgIpc) is 3.17. The summed E-state index contributed by atoms with van der Waals surface area (Å²) in [6, 6.07) is 9.38. The number of aromatic nitrogens is 3. The lowest BCUT2D eigenvalue weighted by molar-refractivity contribution is -0.137. The molecule has 0 atom stereocenters. The zero-order valence-electron chi connectivity index (χ0n) is 16.4. The van der Waals surface area contributed by atoms with Gasteiger partial charge in [-0.05, 0) is 37.3 Å². The first-order chi connectivity index (χ1) is 14.7. The van der Waals surface area contributed by atoms with Gasteiger partial charge in [-0.1, -0.05) is 6.07 Å². The molecule has 0 aliphatic carbocycles. The number of benzene rings is 2. The Labute approximate surface area is 174 Å². The first-order valence-electron chi connectivity index (χ1n) is 9.12. The number of carbonyl (C=O) groups is 1. The predicted molar refractivity (Wildman–Crippen MR) is 108 cm³/mol. The van der Waals surface area contributed by atoms with Gasteiger partial charge in [-0.25, -0.2) is 14.8 Å². The molecule has 31 heavy (non-hydrogen) atoms. The van der Waals surface area contributed by atoms with Crippen LogP contribution in [-0.4, -0.2) is 32.7 Å². The van der Waals surface area contributed by atoms with Crippen molar-refractivity contribution in [3.63, 3.8) is 0 Å². The Morgan fingerprint density at radius 1 is 1.13 bits per heavy atom. The van der Waals surface area contributed by atoms with Crippen LogP contribution in [0.4, 0.5) is 13.2 Å². The molecule has 0 unspecified atom stereocenters. The van der Waals surface area contributed by atoms with Crippen LogP contribution in [0.5, 0.6) is 5.75 Å². The van der Waals surface area contributed by atoms with Crippen molar-refractivity contribution in [2.24, 2.45) is 0 Å². The molecular weight excluding hydrogens is 411 g/mol. The van der Waals surface area contributed by atoms with Gasteiger partial charge in [-0.2, -0.15) is 13.2 Å². The minimum atomic E-state index is -4.52. The van der Waals surface area contributed by atoms with Gasteiger partial charge in [-0.15, -0.1) is 0 Å². The third-order valence-electron chi connectivity index (χ3n) is 4.83. The minimum absolute atomic E-state index is 0.0390. The van der Waals surface area contributed by atoms with Crippen LogP contribution < -0.4 is 4.74 Å². The lowest BCUT2D eigenvalue weighted by Crippen LogP contribution is -2.07. The first-order valence-corrected chi connectivity index (χ1v) is 9.12. The molecule has 4 aromatic rings. The second kappa shape index (κ2) is 7.42. The lowest BCUT2D eigenvalue weighted by Gasteiger charge is -2.15. The van der Waals surface area contributed by atoms with Crippen LogP contribution in [0.3, 0.4) is 0 Å². The van der Waals surface area contributed by atoms with Crippen molar-refractivity contribution in [3.05, 3.63) is 71.8 Å². The summed E-state index contributed by atoms with van der Waals surface area (Å²) in [4.78, 5) is 20.0. The number of hydrogen-bond donors (Lipinski definition) is 1. The van der Waals surface area contributed by atoms with Gasteiger partial charge >= 0.3 is 12.1 Å². The van der Waals surface area contributed by atoms with E-state index in [1.165, 1.54) is 36.2 Å². The number of carboxylic acid groups (broad SMARTS) is 1. The second-order valence-corrected chi connectivity index (χ2v) is 6.90. The van der Waals surface area contributed by atoms with Crippen LogP contribution in [0.1, 0.15) is 21.6 Å². The van der Waals surface area contributed by atoms with E-state index in [1.807, 2.05) is 0 Å². The van der Waals surface area contributed by atoms with Crippen molar-refractivity contribution in [2.75, 3.05) is 7.11 Å². The molecule has 2 aromatic heterocycles. The molecule has 9 heteroatoms. The number of fused-ring (bicyclic) bond motifs is 1. The third-order valence-corrected chi connectivity index (χ3v) is 4.83. The smallest absolute Gasteiger partial charge is 0.416 e. The van der Waals surface area contributed by atoms with E-state index in [4.69, 9.17) is 4.74 Å². The van der Waals surface area contributed by atoms with Crippen LogP contribution in [-0.2, 0) is 6.18 Å². The standard InChI is InChI=1S/C22H16F3N3O3/c1-12-10-28(11-26-12)19-8-14(22(23,24)25)4-6-15(19)18-9-20(31-2)16-5-3-13(21(29)30)7-17(16)27-18/h3-11H,1-2H3,(H,29,30). The topological polar surface area (TPSA) is 77.2 Å². The summed E-state index contributed by atoms with van der Waals surface area (Å²) in [6.07, 6.45) is -1.48.